The van der Waals surface area contributed by atoms with Crippen LogP contribution in [0.15, 0.2) is 18.2 Å². The number of amides is 2. The van der Waals surface area contributed by atoms with Gasteiger partial charge >= 0.3 is 5.97 Å². The average Bonchev–Trinajstić information content (AvgIpc) is 3.00. The van der Waals surface area contributed by atoms with E-state index in [0.29, 0.717) is 12.2 Å². The predicted molar refractivity (Wildman–Crippen MR) is 96.6 cm³/mol. The molecule has 1 unspecified atom stereocenters. The highest BCUT2D eigenvalue weighted by atomic mass is 16.4. The first-order valence-corrected chi connectivity index (χ1v) is 8.50. The van der Waals surface area contributed by atoms with Gasteiger partial charge in [0, 0.05) is 32.9 Å². The van der Waals surface area contributed by atoms with Gasteiger partial charge in [-0.1, -0.05) is 12.1 Å². The summed E-state index contributed by atoms with van der Waals surface area (Å²) in [5, 5.41) is 11.8. The number of nitrogens with zero attached hydrogens (tertiary/aromatic N) is 2. The van der Waals surface area contributed by atoms with Crippen molar-refractivity contribution >= 4 is 28.8 Å². The lowest BCUT2D eigenvalue weighted by Gasteiger charge is -2.26. The number of aryl methyl sites for hydroxylation is 2. The third-order valence-electron chi connectivity index (χ3n) is 4.21. The number of hydrogen-bond donors (Lipinski definition) is 3. The second kappa shape index (κ2) is 8.46. The van der Waals surface area contributed by atoms with Crippen LogP contribution in [0, 0.1) is 6.92 Å². The van der Waals surface area contributed by atoms with Crippen molar-refractivity contribution in [3.63, 3.8) is 0 Å². The first-order chi connectivity index (χ1) is 12.3. The van der Waals surface area contributed by atoms with Crippen molar-refractivity contribution < 1.29 is 19.5 Å². The number of carboxylic acid groups (broad SMARTS) is 1. The van der Waals surface area contributed by atoms with Gasteiger partial charge in [0.25, 0.3) is 0 Å². The van der Waals surface area contributed by atoms with Crippen molar-refractivity contribution in [2.75, 3.05) is 13.1 Å². The Morgan fingerprint density at radius 2 is 2.08 bits per heavy atom. The molecule has 0 saturated heterocycles. The average molecular weight is 360 g/mol. The first-order valence-electron chi connectivity index (χ1n) is 8.50. The standard InChI is InChI=1S/C18H24N4O4/c1-11-5-4-6-14-17(11)21-15(20-14)7-8-16(24)22(12(2)18(25)26)10-9-19-13(3)23/h4-6,12H,7-10H2,1-3H3,(H,19,23)(H,20,21)(H,25,26). The van der Waals surface area contributed by atoms with E-state index in [0.717, 1.165) is 16.6 Å². The lowest BCUT2D eigenvalue weighted by Crippen LogP contribution is -2.46. The number of aliphatic carboxylic acids is 1. The van der Waals surface area contributed by atoms with Gasteiger partial charge in [-0.3, -0.25) is 9.59 Å². The van der Waals surface area contributed by atoms with Crippen LogP contribution >= 0.6 is 0 Å². The quantitative estimate of drug-likeness (QED) is 0.655. The maximum Gasteiger partial charge on any atom is 0.326 e. The summed E-state index contributed by atoms with van der Waals surface area (Å²) in [6.45, 7) is 5.15. The molecule has 1 heterocycles. The van der Waals surface area contributed by atoms with Crippen molar-refractivity contribution in [3.8, 4) is 0 Å². The summed E-state index contributed by atoms with van der Waals surface area (Å²) in [6.07, 6.45) is 0.520. The van der Waals surface area contributed by atoms with E-state index in [1.165, 1.54) is 18.7 Å². The molecule has 26 heavy (non-hydrogen) atoms. The first kappa shape index (κ1) is 19.4. The Bertz CT molecular complexity index is 815. The number of fused-ring (bicyclic) bond motifs is 1. The summed E-state index contributed by atoms with van der Waals surface area (Å²) in [5.74, 6) is -0.909. The molecule has 0 aliphatic rings. The van der Waals surface area contributed by atoms with Crippen molar-refractivity contribution in [2.45, 2.75) is 39.7 Å². The number of aromatic amines is 1. The van der Waals surface area contributed by atoms with Crippen LogP contribution in [0.3, 0.4) is 0 Å². The number of hydrogen-bond acceptors (Lipinski definition) is 4. The molecular weight excluding hydrogens is 336 g/mol. The third-order valence-corrected chi connectivity index (χ3v) is 4.21. The Kier molecular flexibility index (Phi) is 6.32. The Labute approximate surface area is 151 Å². The molecule has 1 aromatic carbocycles. The zero-order valence-electron chi connectivity index (χ0n) is 15.2. The van der Waals surface area contributed by atoms with E-state index >= 15 is 0 Å². The second-order valence-corrected chi connectivity index (χ2v) is 6.24. The van der Waals surface area contributed by atoms with Crippen LogP contribution in [0.1, 0.15) is 31.7 Å². The molecule has 0 radical (unpaired) electrons. The minimum Gasteiger partial charge on any atom is -0.480 e. The van der Waals surface area contributed by atoms with E-state index < -0.39 is 12.0 Å². The number of aromatic nitrogens is 2. The maximum atomic E-state index is 12.5. The number of imidazole rings is 1. The minimum absolute atomic E-state index is 0.135. The van der Waals surface area contributed by atoms with E-state index in [1.54, 1.807) is 0 Å². The molecule has 0 aliphatic heterocycles. The number of carboxylic acids is 1. The predicted octanol–water partition coefficient (Wildman–Crippen LogP) is 1.24. The number of benzene rings is 1. The van der Waals surface area contributed by atoms with Crippen molar-refractivity contribution in [2.24, 2.45) is 0 Å². The molecule has 8 heteroatoms. The lowest BCUT2D eigenvalue weighted by atomic mass is 10.2. The Morgan fingerprint density at radius 1 is 1.35 bits per heavy atom. The Morgan fingerprint density at radius 3 is 2.69 bits per heavy atom. The number of H-pyrrole nitrogens is 1. The zero-order valence-corrected chi connectivity index (χ0v) is 15.2. The molecule has 2 aromatic rings. The molecule has 2 amide bonds. The van der Waals surface area contributed by atoms with Crippen LogP contribution < -0.4 is 5.32 Å². The Balaban J connectivity index is 2.03. The SMILES string of the molecule is CC(=O)NCCN(C(=O)CCc1nc2c(C)cccc2[nH]1)C(C)C(=O)O. The summed E-state index contributed by atoms with van der Waals surface area (Å²) < 4.78 is 0. The molecule has 0 aliphatic carbocycles. The monoisotopic (exact) mass is 360 g/mol. The molecule has 1 aromatic heterocycles. The van der Waals surface area contributed by atoms with Crippen molar-refractivity contribution in [1.82, 2.24) is 20.2 Å². The topological polar surface area (TPSA) is 115 Å². The number of carbonyl (C=O) groups is 3. The van der Waals surface area contributed by atoms with E-state index in [9.17, 15) is 19.5 Å². The molecule has 3 N–H and O–H groups in total. The van der Waals surface area contributed by atoms with Crippen molar-refractivity contribution in [1.29, 1.82) is 0 Å². The summed E-state index contributed by atoms with van der Waals surface area (Å²) in [5.41, 5.74) is 2.83. The van der Waals surface area contributed by atoms with Gasteiger partial charge in [-0.05, 0) is 25.5 Å². The Hall–Kier alpha value is -2.90. The van der Waals surface area contributed by atoms with Crippen LogP contribution in [0.25, 0.3) is 11.0 Å². The van der Waals surface area contributed by atoms with Gasteiger partial charge in [-0.2, -0.15) is 0 Å². The summed E-state index contributed by atoms with van der Waals surface area (Å²) in [6, 6.07) is 4.86. The van der Waals surface area contributed by atoms with Gasteiger partial charge < -0.3 is 20.3 Å². The lowest BCUT2D eigenvalue weighted by molar-refractivity contribution is -0.149. The largest absolute Gasteiger partial charge is 0.480 e. The second-order valence-electron chi connectivity index (χ2n) is 6.24. The molecule has 0 fully saturated rings. The summed E-state index contributed by atoms with van der Waals surface area (Å²) in [7, 11) is 0. The van der Waals surface area contributed by atoms with Crippen LogP contribution in [0.5, 0.6) is 0 Å². The molecule has 140 valence electrons. The van der Waals surface area contributed by atoms with Gasteiger partial charge in [0.2, 0.25) is 11.8 Å². The molecule has 0 spiro atoms. The minimum atomic E-state index is -1.08. The fourth-order valence-corrected chi connectivity index (χ4v) is 2.73. The number of para-hydroxylation sites is 1. The van der Waals surface area contributed by atoms with Gasteiger partial charge in [0.05, 0.1) is 11.0 Å². The van der Waals surface area contributed by atoms with E-state index in [2.05, 4.69) is 15.3 Å². The normalized spacial score (nSPS) is 12.0. The molecule has 1 atom stereocenters. The van der Waals surface area contributed by atoms with Gasteiger partial charge in [-0.15, -0.1) is 0 Å². The maximum absolute atomic E-state index is 12.5. The molecular formula is C18H24N4O4. The highest BCUT2D eigenvalue weighted by Gasteiger charge is 2.25. The zero-order chi connectivity index (χ0) is 19.3. The van der Waals surface area contributed by atoms with E-state index in [-0.39, 0.29) is 31.3 Å². The van der Waals surface area contributed by atoms with Crippen LogP contribution in [0.4, 0.5) is 0 Å². The number of carbonyl (C=O) groups excluding carboxylic acids is 2. The van der Waals surface area contributed by atoms with E-state index in [1.807, 2.05) is 25.1 Å². The number of nitrogens with one attached hydrogen (secondary N) is 2. The molecule has 8 nitrogen and oxygen atoms in total. The third kappa shape index (κ3) is 4.81. The van der Waals surface area contributed by atoms with Crippen LogP contribution in [-0.2, 0) is 20.8 Å². The van der Waals surface area contributed by atoms with Crippen molar-refractivity contribution in [3.05, 3.63) is 29.6 Å². The summed E-state index contributed by atoms with van der Waals surface area (Å²) in [4.78, 5) is 43.7. The van der Waals surface area contributed by atoms with Crippen LogP contribution in [0.2, 0.25) is 0 Å². The van der Waals surface area contributed by atoms with E-state index in [4.69, 9.17) is 0 Å². The number of rotatable bonds is 8. The fraction of sp³-hybridized carbons (Fsp3) is 0.444. The highest BCUT2D eigenvalue weighted by Crippen LogP contribution is 2.16. The molecule has 0 bridgehead atoms. The van der Waals surface area contributed by atoms with Gasteiger partial charge in [-0.25, -0.2) is 9.78 Å². The highest BCUT2D eigenvalue weighted by molar-refractivity contribution is 5.84. The fourth-order valence-electron chi connectivity index (χ4n) is 2.73. The van der Waals surface area contributed by atoms with Gasteiger partial charge in [0.1, 0.15) is 11.9 Å². The molecule has 2 rings (SSSR count). The molecule has 0 saturated carbocycles. The van der Waals surface area contributed by atoms with Crippen LogP contribution in [-0.4, -0.2) is 56.9 Å². The van der Waals surface area contributed by atoms with Gasteiger partial charge in [0.15, 0.2) is 0 Å². The summed E-state index contributed by atoms with van der Waals surface area (Å²) >= 11 is 0. The smallest absolute Gasteiger partial charge is 0.326 e.